The van der Waals surface area contributed by atoms with Gasteiger partial charge in [0.25, 0.3) is 0 Å². The van der Waals surface area contributed by atoms with Crippen LogP contribution in [-0.4, -0.2) is 35.8 Å². The molecule has 0 N–H and O–H groups in total. The van der Waals surface area contributed by atoms with E-state index < -0.39 is 50.4 Å². The summed E-state index contributed by atoms with van der Waals surface area (Å²) in [6, 6.07) is 1.90. The maximum atomic E-state index is 13.1. The number of aromatic nitrogens is 2. The molecule has 0 saturated heterocycles. The van der Waals surface area contributed by atoms with Crippen LogP contribution in [0.1, 0.15) is 18.2 Å². The summed E-state index contributed by atoms with van der Waals surface area (Å²) in [7, 11) is -2.97. The van der Waals surface area contributed by atoms with Gasteiger partial charge in [-0.15, -0.1) is 0 Å². The molecule has 0 bridgehead atoms. The predicted molar refractivity (Wildman–Crippen MR) is 91.4 cm³/mol. The van der Waals surface area contributed by atoms with E-state index in [0.29, 0.717) is 18.2 Å². The second-order valence-corrected chi connectivity index (χ2v) is 8.38. The highest BCUT2D eigenvalue weighted by Crippen LogP contribution is 2.38. The Labute approximate surface area is 165 Å². The molecule has 13 heteroatoms. The fraction of sp³-hybridized carbons (Fsp3) is 0.353. The number of hydrogen-bond donors (Lipinski definition) is 0. The van der Waals surface area contributed by atoms with Crippen molar-refractivity contribution in [3.05, 3.63) is 41.7 Å². The average Bonchev–Trinajstić information content (AvgIpc) is 2.98. The Bertz CT molecular complexity index is 1070. The van der Waals surface area contributed by atoms with Crippen LogP contribution in [0.3, 0.4) is 0 Å². The topological polar surface area (TPSA) is 52.0 Å². The molecule has 4 nitrogen and oxygen atoms in total. The van der Waals surface area contributed by atoms with Crippen LogP contribution in [0, 0.1) is 0 Å². The van der Waals surface area contributed by atoms with E-state index in [4.69, 9.17) is 0 Å². The van der Waals surface area contributed by atoms with Gasteiger partial charge in [-0.3, -0.25) is 0 Å². The minimum atomic E-state index is -5.82. The van der Waals surface area contributed by atoms with E-state index >= 15 is 0 Å². The highest BCUT2D eigenvalue weighted by molar-refractivity contribution is 7.91. The molecule has 1 heterocycles. The third-order valence-electron chi connectivity index (χ3n) is 4.13. The molecule has 30 heavy (non-hydrogen) atoms. The van der Waals surface area contributed by atoms with Gasteiger partial charge in [0.2, 0.25) is 0 Å². The Morgan fingerprint density at radius 2 is 1.67 bits per heavy atom. The molecule has 0 aliphatic carbocycles. The van der Waals surface area contributed by atoms with Crippen molar-refractivity contribution >= 4 is 15.9 Å². The van der Waals surface area contributed by atoms with E-state index in [0.717, 1.165) is 16.8 Å². The third kappa shape index (κ3) is 4.65. The zero-order chi connectivity index (χ0) is 23.1. The van der Waals surface area contributed by atoms with Crippen molar-refractivity contribution in [2.45, 2.75) is 30.1 Å². The largest absolute Gasteiger partial charge is 0.457 e. The molecule has 0 saturated carbocycles. The van der Waals surface area contributed by atoms with Crippen LogP contribution in [0.25, 0.3) is 17.5 Å². The van der Waals surface area contributed by atoms with E-state index in [9.17, 15) is 43.5 Å². The van der Waals surface area contributed by atoms with Crippen molar-refractivity contribution in [2.75, 3.05) is 5.75 Å². The molecule has 2 aromatic rings. The molecular weight excluding hydrogens is 448 g/mol. The Morgan fingerprint density at radius 1 is 1.07 bits per heavy atom. The van der Waals surface area contributed by atoms with E-state index in [1.54, 1.807) is 0 Å². The quantitative estimate of drug-likeness (QED) is 0.581. The molecule has 0 radical (unpaired) electrons. The lowest BCUT2D eigenvalue weighted by molar-refractivity contribution is -0.258. The summed E-state index contributed by atoms with van der Waals surface area (Å²) in [5.74, 6) is -5.88. The molecule has 0 spiro atoms. The van der Waals surface area contributed by atoms with Crippen LogP contribution in [0.5, 0.6) is 0 Å². The average molecular weight is 462 g/mol. The summed E-state index contributed by atoms with van der Waals surface area (Å²) in [6.07, 6.45) is -9.72. The zero-order valence-electron chi connectivity index (χ0n) is 15.3. The van der Waals surface area contributed by atoms with Crippen molar-refractivity contribution < 1.29 is 43.5 Å². The number of hydrogen-bond acceptors (Lipinski definition) is 3. The van der Waals surface area contributed by atoms with Gasteiger partial charge >= 0.3 is 18.3 Å². The Hall–Kier alpha value is -2.44. The van der Waals surface area contributed by atoms with Gasteiger partial charge in [-0.25, -0.2) is 13.4 Å². The highest BCUT2D eigenvalue weighted by Gasteiger charge is 2.55. The van der Waals surface area contributed by atoms with Crippen molar-refractivity contribution in [3.8, 4) is 11.4 Å². The van der Waals surface area contributed by atoms with Gasteiger partial charge < -0.3 is 4.57 Å². The standard InChI is InChI=1S/C17H14F8N2O2S/c1-3-30(28,29)13-8-10(16(20,21)22)4-5-12(13)14-26-9-11(27(14)2)6-7-15(18,19)17(23,24)25/h4-9H,3H2,1-2H3/b7-6+. The van der Waals surface area contributed by atoms with Crippen LogP contribution >= 0.6 is 0 Å². The van der Waals surface area contributed by atoms with Crippen LogP contribution in [0.2, 0.25) is 0 Å². The summed E-state index contributed by atoms with van der Waals surface area (Å²) in [6.45, 7) is 1.21. The van der Waals surface area contributed by atoms with Gasteiger partial charge in [0.05, 0.1) is 28.1 Å². The number of rotatable bonds is 5. The van der Waals surface area contributed by atoms with Crippen molar-refractivity contribution in [1.29, 1.82) is 0 Å². The maximum absolute atomic E-state index is 13.1. The van der Waals surface area contributed by atoms with Crippen LogP contribution in [0.15, 0.2) is 35.4 Å². The second-order valence-electron chi connectivity index (χ2n) is 6.13. The summed E-state index contributed by atoms with van der Waals surface area (Å²) in [5, 5.41) is 0. The molecule has 0 atom stereocenters. The van der Waals surface area contributed by atoms with Crippen LogP contribution < -0.4 is 0 Å². The first-order valence-corrected chi connectivity index (χ1v) is 9.76. The molecule has 1 aromatic carbocycles. The van der Waals surface area contributed by atoms with Crippen molar-refractivity contribution in [3.63, 3.8) is 0 Å². The monoisotopic (exact) mass is 462 g/mol. The van der Waals surface area contributed by atoms with Gasteiger partial charge in [0, 0.05) is 12.6 Å². The third-order valence-corrected chi connectivity index (χ3v) is 5.90. The maximum Gasteiger partial charge on any atom is 0.457 e. The van der Waals surface area contributed by atoms with E-state index in [-0.39, 0.29) is 17.1 Å². The number of halogens is 8. The molecule has 0 unspecified atom stereocenters. The lowest BCUT2D eigenvalue weighted by Crippen LogP contribution is -2.33. The molecule has 0 aliphatic heterocycles. The summed E-state index contributed by atoms with van der Waals surface area (Å²) < 4.78 is 128. The molecule has 0 aliphatic rings. The van der Waals surface area contributed by atoms with Crippen molar-refractivity contribution in [2.24, 2.45) is 7.05 Å². The summed E-state index contributed by atoms with van der Waals surface area (Å²) >= 11 is 0. The van der Waals surface area contributed by atoms with E-state index in [1.807, 2.05) is 0 Å². The lowest BCUT2D eigenvalue weighted by Gasteiger charge is -2.15. The Morgan fingerprint density at radius 3 is 2.17 bits per heavy atom. The van der Waals surface area contributed by atoms with E-state index in [2.05, 4.69) is 4.98 Å². The first-order chi connectivity index (χ1) is 13.5. The first kappa shape index (κ1) is 23.8. The molecule has 0 amide bonds. The number of benzene rings is 1. The summed E-state index contributed by atoms with van der Waals surface area (Å²) in [4.78, 5) is 3.10. The van der Waals surface area contributed by atoms with Gasteiger partial charge in [0.15, 0.2) is 9.84 Å². The molecule has 2 rings (SSSR count). The Kier molecular flexibility index (Phi) is 6.09. The molecule has 1 aromatic heterocycles. The number of sulfone groups is 1. The van der Waals surface area contributed by atoms with Gasteiger partial charge in [0.1, 0.15) is 5.82 Å². The SMILES string of the molecule is CCS(=O)(=O)c1cc(C(F)(F)F)ccc1-c1ncc(/C=C/C(F)(F)C(F)(F)F)n1C. The molecular formula is C17H14F8N2O2S. The number of imidazole rings is 1. The predicted octanol–water partition coefficient (Wildman–Crippen LogP) is 5.11. The first-order valence-electron chi connectivity index (χ1n) is 8.11. The Balaban J connectivity index is 2.61. The van der Waals surface area contributed by atoms with E-state index in [1.165, 1.54) is 14.0 Å². The summed E-state index contributed by atoms with van der Waals surface area (Å²) in [5.41, 5.74) is -1.74. The molecule has 0 fully saturated rings. The number of alkyl halides is 8. The highest BCUT2D eigenvalue weighted by atomic mass is 32.2. The minimum absolute atomic E-state index is 0.231. The van der Waals surface area contributed by atoms with Gasteiger partial charge in [-0.2, -0.15) is 35.1 Å². The molecule has 166 valence electrons. The normalized spacial score (nSPS) is 13.9. The zero-order valence-corrected chi connectivity index (χ0v) is 16.1. The smallest absolute Gasteiger partial charge is 0.328 e. The van der Waals surface area contributed by atoms with Gasteiger partial charge in [-0.1, -0.05) is 6.92 Å². The number of allylic oxidation sites excluding steroid dienone is 1. The lowest BCUT2D eigenvalue weighted by atomic mass is 10.1. The van der Waals surface area contributed by atoms with Crippen molar-refractivity contribution in [1.82, 2.24) is 9.55 Å². The van der Waals surface area contributed by atoms with Crippen LogP contribution in [-0.2, 0) is 23.1 Å². The minimum Gasteiger partial charge on any atom is -0.328 e. The second kappa shape index (κ2) is 7.67. The fourth-order valence-corrected chi connectivity index (χ4v) is 3.52. The van der Waals surface area contributed by atoms with Gasteiger partial charge in [-0.05, 0) is 30.4 Å². The fourth-order valence-electron chi connectivity index (χ4n) is 2.41. The van der Waals surface area contributed by atoms with Crippen LogP contribution in [0.4, 0.5) is 35.1 Å². The number of nitrogens with zero attached hydrogens (tertiary/aromatic N) is 2.